The number of hydrogen-bond donors (Lipinski definition) is 3. The molecule has 6 rings (SSSR count). The molecule has 2 fully saturated rings. The summed E-state index contributed by atoms with van der Waals surface area (Å²) in [5.41, 5.74) is 2.63. The van der Waals surface area contributed by atoms with Crippen LogP contribution in [0.5, 0.6) is 6.01 Å². The Morgan fingerprint density at radius 3 is 2.82 bits per heavy atom. The number of imidazole rings is 1. The number of likely N-dealkylation sites (tertiary alicyclic amines) is 1. The van der Waals surface area contributed by atoms with Crippen LogP contribution in [0.1, 0.15) is 37.7 Å². The van der Waals surface area contributed by atoms with Crippen LogP contribution in [-0.4, -0.2) is 65.1 Å². The van der Waals surface area contributed by atoms with E-state index in [9.17, 15) is 9.90 Å². The number of carbonyl (C=O) groups is 1. The normalized spacial score (nSPS) is 23.4. The van der Waals surface area contributed by atoms with Crippen molar-refractivity contribution in [1.29, 1.82) is 0 Å². The monoisotopic (exact) mass is 468 g/mol. The fraction of sp³-hybridized carbons (Fsp3) is 0.476. The van der Waals surface area contributed by atoms with Crippen molar-refractivity contribution in [3.05, 3.63) is 24.3 Å². The molecular weight excluding hydrogens is 444 g/mol. The Labute approximate surface area is 193 Å². The minimum absolute atomic E-state index is 0.155. The highest BCUT2D eigenvalue weighted by Gasteiger charge is 2.44. The predicted molar refractivity (Wildman–Crippen MR) is 122 cm³/mol. The van der Waals surface area contributed by atoms with Gasteiger partial charge in [-0.2, -0.15) is 4.98 Å². The summed E-state index contributed by atoms with van der Waals surface area (Å²) >= 11 is 1.10. The molecule has 0 spiro atoms. The first kappa shape index (κ1) is 20.4. The van der Waals surface area contributed by atoms with Gasteiger partial charge in [0.05, 0.1) is 18.8 Å². The number of methoxy groups -OCH3 is 1. The van der Waals surface area contributed by atoms with Crippen molar-refractivity contribution < 1.29 is 14.6 Å². The van der Waals surface area contributed by atoms with Crippen molar-refractivity contribution in [2.45, 2.75) is 31.9 Å². The topological polar surface area (TPSA) is 134 Å². The van der Waals surface area contributed by atoms with E-state index in [1.54, 1.807) is 13.1 Å². The number of aliphatic hydroxyl groups excluding tert-OH is 1. The molecule has 0 aromatic carbocycles. The first-order valence-corrected chi connectivity index (χ1v) is 11.7. The Balaban J connectivity index is 1.23. The lowest BCUT2D eigenvalue weighted by Crippen LogP contribution is -2.34. The van der Waals surface area contributed by atoms with Crippen molar-refractivity contribution in [1.82, 2.24) is 33.8 Å². The number of aromatic amines is 1. The van der Waals surface area contributed by atoms with Crippen LogP contribution < -0.4 is 10.1 Å². The minimum Gasteiger partial charge on any atom is -0.466 e. The fourth-order valence-corrected chi connectivity index (χ4v) is 5.97. The summed E-state index contributed by atoms with van der Waals surface area (Å²) in [4.78, 5) is 31.1. The van der Waals surface area contributed by atoms with E-state index in [4.69, 9.17) is 9.72 Å². The lowest BCUT2D eigenvalue weighted by atomic mass is 10.0. The number of amides is 2. The van der Waals surface area contributed by atoms with Crippen LogP contribution in [0.2, 0.25) is 0 Å². The first-order valence-electron chi connectivity index (χ1n) is 11.0. The summed E-state index contributed by atoms with van der Waals surface area (Å²) in [6.45, 7) is 3.14. The summed E-state index contributed by atoms with van der Waals surface area (Å²) in [5, 5.41) is 14.7. The number of aromatic nitrogens is 6. The SMILES string of the molecule is COc1nsc(NC(=O)N2CC3C[C@H](n4c([C@@H](C)O)nc5cnc6[nH]ccc6c54)C[C@H]3C2)n1. The summed E-state index contributed by atoms with van der Waals surface area (Å²) in [5.74, 6) is 1.46. The van der Waals surface area contributed by atoms with Crippen LogP contribution in [0.15, 0.2) is 18.5 Å². The number of rotatable bonds is 4. The predicted octanol–water partition coefficient (Wildman–Crippen LogP) is 2.94. The molecule has 4 atom stereocenters. The molecule has 33 heavy (non-hydrogen) atoms. The lowest BCUT2D eigenvalue weighted by molar-refractivity contribution is 0.180. The molecule has 1 saturated heterocycles. The highest BCUT2D eigenvalue weighted by Crippen LogP contribution is 2.46. The zero-order valence-electron chi connectivity index (χ0n) is 18.2. The molecular formula is C21H24N8O3S. The van der Waals surface area contributed by atoms with Gasteiger partial charge in [0, 0.05) is 42.2 Å². The van der Waals surface area contributed by atoms with Crippen LogP contribution in [0.25, 0.3) is 22.1 Å². The maximum atomic E-state index is 12.7. The smallest absolute Gasteiger partial charge is 0.329 e. The van der Waals surface area contributed by atoms with Gasteiger partial charge in [0.1, 0.15) is 23.1 Å². The van der Waals surface area contributed by atoms with E-state index in [0.717, 1.165) is 46.4 Å². The molecule has 172 valence electrons. The number of urea groups is 1. The summed E-state index contributed by atoms with van der Waals surface area (Å²) in [6, 6.07) is 2.33. The Morgan fingerprint density at radius 1 is 1.33 bits per heavy atom. The maximum absolute atomic E-state index is 12.7. The fourth-order valence-electron chi connectivity index (χ4n) is 5.43. The second kappa shape index (κ2) is 7.66. The van der Waals surface area contributed by atoms with Crippen molar-refractivity contribution in [2.24, 2.45) is 11.8 Å². The Morgan fingerprint density at radius 2 is 2.12 bits per heavy atom. The largest absolute Gasteiger partial charge is 0.466 e. The Bertz CT molecular complexity index is 1330. The van der Waals surface area contributed by atoms with E-state index in [-0.39, 0.29) is 18.1 Å². The summed E-state index contributed by atoms with van der Waals surface area (Å²) in [6.07, 6.45) is 4.82. The summed E-state index contributed by atoms with van der Waals surface area (Å²) < 4.78 is 11.2. The highest BCUT2D eigenvalue weighted by atomic mass is 32.1. The molecule has 1 saturated carbocycles. The van der Waals surface area contributed by atoms with Crippen LogP contribution in [0, 0.1) is 11.8 Å². The van der Waals surface area contributed by atoms with Crippen molar-refractivity contribution in [2.75, 3.05) is 25.5 Å². The summed E-state index contributed by atoms with van der Waals surface area (Å²) in [7, 11) is 1.50. The first-order chi connectivity index (χ1) is 16.0. The Kier molecular flexibility index (Phi) is 4.73. The lowest BCUT2D eigenvalue weighted by Gasteiger charge is -2.22. The molecule has 2 aliphatic rings. The van der Waals surface area contributed by atoms with E-state index < -0.39 is 6.10 Å². The molecule has 4 aromatic heterocycles. The molecule has 0 radical (unpaired) electrons. The van der Waals surface area contributed by atoms with Crippen molar-refractivity contribution in [3.63, 3.8) is 0 Å². The molecule has 4 aromatic rings. The second-order valence-corrected chi connectivity index (χ2v) is 9.57. The number of H-pyrrole nitrogens is 1. The van der Waals surface area contributed by atoms with Gasteiger partial charge in [0.2, 0.25) is 5.13 Å². The number of pyridine rings is 1. The quantitative estimate of drug-likeness (QED) is 0.419. The van der Waals surface area contributed by atoms with E-state index >= 15 is 0 Å². The zero-order chi connectivity index (χ0) is 22.7. The van der Waals surface area contributed by atoms with E-state index in [0.29, 0.717) is 35.9 Å². The molecule has 0 bridgehead atoms. The van der Waals surface area contributed by atoms with Crippen LogP contribution in [0.4, 0.5) is 9.93 Å². The molecule has 1 unspecified atom stereocenters. The number of nitrogens with one attached hydrogen (secondary N) is 2. The number of hydrogen-bond acceptors (Lipinski definition) is 8. The standard InChI is InChI=1S/C21H24N8O3S/c1-10(30)18-24-15-7-23-17-14(3-4-22-17)16(15)29(18)13-5-11-8-28(9-12(11)6-13)21(31)26-20-25-19(32-2)27-33-20/h3-4,7,10-13,30H,5-6,8-9H2,1-2H3,(H,22,23)(H,25,26,27,31)/t10-,11+,12?,13-/m1/s1. The van der Waals surface area contributed by atoms with Gasteiger partial charge >= 0.3 is 12.0 Å². The van der Waals surface area contributed by atoms with Crippen LogP contribution >= 0.6 is 11.5 Å². The second-order valence-electron chi connectivity index (χ2n) is 8.81. The molecule has 1 aliphatic carbocycles. The maximum Gasteiger partial charge on any atom is 0.329 e. The van der Waals surface area contributed by atoms with Crippen LogP contribution in [0.3, 0.4) is 0 Å². The van der Waals surface area contributed by atoms with Gasteiger partial charge in [0.15, 0.2) is 0 Å². The third kappa shape index (κ3) is 3.32. The van der Waals surface area contributed by atoms with Gasteiger partial charge in [0.25, 0.3) is 0 Å². The molecule has 5 heterocycles. The van der Waals surface area contributed by atoms with Crippen molar-refractivity contribution in [3.8, 4) is 6.01 Å². The molecule has 1 aliphatic heterocycles. The number of nitrogens with zero attached hydrogens (tertiary/aromatic N) is 6. The third-order valence-corrected chi connectivity index (χ3v) is 7.43. The zero-order valence-corrected chi connectivity index (χ0v) is 19.0. The third-order valence-electron chi connectivity index (χ3n) is 6.82. The molecule has 12 heteroatoms. The molecule has 2 amide bonds. The molecule has 3 N–H and O–H groups in total. The van der Waals surface area contributed by atoms with Gasteiger partial charge in [-0.3, -0.25) is 5.32 Å². The van der Waals surface area contributed by atoms with Gasteiger partial charge in [-0.05, 0) is 37.7 Å². The molecule has 11 nitrogen and oxygen atoms in total. The average Bonchev–Trinajstić information content (AvgIpc) is 3.58. The number of ether oxygens (including phenoxy) is 1. The number of aliphatic hydroxyl groups is 1. The number of carbonyl (C=O) groups excluding carboxylic acids is 1. The highest BCUT2D eigenvalue weighted by molar-refractivity contribution is 7.10. The number of fused-ring (bicyclic) bond motifs is 4. The Hall–Kier alpha value is -3.25. The van der Waals surface area contributed by atoms with Gasteiger partial charge < -0.3 is 24.3 Å². The average molecular weight is 469 g/mol. The van der Waals surface area contributed by atoms with E-state index in [1.165, 1.54) is 7.11 Å². The van der Waals surface area contributed by atoms with Gasteiger partial charge in [-0.15, -0.1) is 4.37 Å². The van der Waals surface area contributed by atoms with Gasteiger partial charge in [-0.1, -0.05) is 0 Å². The number of anilines is 1. The minimum atomic E-state index is -0.682. The van der Waals surface area contributed by atoms with E-state index in [2.05, 4.69) is 29.2 Å². The van der Waals surface area contributed by atoms with Crippen LogP contribution in [-0.2, 0) is 0 Å². The van der Waals surface area contributed by atoms with Gasteiger partial charge in [-0.25, -0.2) is 14.8 Å². The van der Waals surface area contributed by atoms with E-state index in [1.807, 2.05) is 17.2 Å². The van der Waals surface area contributed by atoms with Crippen molar-refractivity contribution >= 4 is 44.8 Å².